The Balaban J connectivity index is 3.36. The van der Waals surface area contributed by atoms with Gasteiger partial charge in [-0.2, -0.15) is 5.26 Å². The molecule has 0 radical (unpaired) electrons. The summed E-state index contributed by atoms with van der Waals surface area (Å²) in [5.41, 5.74) is 0. The van der Waals surface area contributed by atoms with Crippen LogP contribution < -0.4 is 5.32 Å². The molecule has 0 aliphatic rings. The van der Waals surface area contributed by atoms with E-state index in [1.165, 1.54) is 6.08 Å². The topological polar surface area (TPSA) is 84.9 Å². The van der Waals surface area contributed by atoms with Gasteiger partial charge in [0.2, 0.25) is 0 Å². The second-order valence-corrected chi connectivity index (χ2v) is 2.04. The summed E-state index contributed by atoms with van der Waals surface area (Å²) in [4.78, 5) is 24.4. The molecule has 0 spiro atoms. The first-order valence-corrected chi connectivity index (χ1v) is 3.52. The van der Waals surface area contributed by atoms with E-state index in [9.17, 15) is 9.59 Å². The summed E-state index contributed by atoms with van der Waals surface area (Å²) in [5, 5.41) is 10.2. The van der Waals surface area contributed by atoms with Gasteiger partial charge in [-0.3, -0.25) is 15.0 Å². The summed E-state index contributed by atoms with van der Waals surface area (Å²) in [6.07, 6.45) is 1.43. The lowest BCUT2D eigenvalue weighted by molar-refractivity contribution is -0.233. The number of rotatable bonds is 6. The first kappa shape index (κ1) is 11.6. The van der Waals surface area contributed by atoms with Gasteiger partial charge in [0.05, 0.1) is 13.1 Å². The molecule has 0 atom stereocenters. The molecule has 0 amide bonds. The maximum Gasteiger partial charge on any atom is 0.355 e. The third-order valence-corrected chi connectivity index (χ3v) is 1.00. The Morgan fingerprint density at radius 3 is 2.54 bits per heavy atom. The van der Waals surface area contributed by atoms with E-state index in [4.69, 9.17) is 5.26 Å². The molecule has 0 bridgehead atoms. The predicted octanol–water partition coefficient (Wildman–Crippen LogP) is -0.679. The largest absolute Gasteiger partial charge is 0.461 e. The highest BCUT2D eigenvalue weighted by atomic mass is 17.1. The number of hydrogen-bond donors (Lipinski definition) is 2. The van der Waals surface area contributed by atoms with Crippen molar-refractivity contribution in [1.29, 1.82) is 0 Å². The van der Waals surface area contributed by atoms with Crippen LogP contribution >= 0.6 is 0 Å². The molecule has 0 saturated carbocycles. The predicted molar refractivity (Wildman–Crippen MR) is 42.7 cm³/mol. The summed E-state index contributed by atoms with van der Waals surface area (Å²) >= 11 is 0. The van der Waals surface area contributed by atoms with Crippen molar-refractivity contribution in [2.75, 3.05) is 19.7 Å². The van der Waals surface area contributed by atoms with Crippen LogP contribution in [0.3, 0.4) is 0 Å². The fourth-order valence-electron chi connectivity index (χ4n) is 0.502. The highest BCUT2D eigenvalue weighted by Gasteiger charge is 2.04. The van der Waals surface area contributed by atoms with E-state index in [2.05, 4.69) is 21.5 Å². The fourth-order valence-corrected chi connectivity index (χ4v) is 0.502. The van der Waals surface area contributed by atoms with Gasteiger partial charge in [0.1, 0.15) is 6.61 Å². The van der Waals surface area contributed by atoms with Crippen molar-refractivity contribution in [2.24, 2.45) is 0 Å². The minimum atomic E-state index is -0.864. The normalized spacial score (nSPS) is 9.00. The van der Waals surface area contributed by atoms with E-state index in [0.29, 0.717) is 0 Å². The van der Waals surface area contributed by atoms with Crippen molar-refractivity contribution in [3.8, 4) is 0 Å². The molecular weight excluding hydrogens is 178 g/mol. The van der Waals surface area contributed by atoms with Crippen molar-refractivity contribution in [2.45, 2.75) is 0 Å². The number of carbonyl (C=O) groups is 2. The number of esters is 1. The van der Waals surface area contributed by atoms with Gasteiger partial charge in [0.25, 0.3) is 0 Å². The summed E-state index contributed by atoms with van der Waals surface area (Å²) in [5.74, 6) is -1.37. The summed E-state index contributed by atoms with van der Waals surface area (Å²) < 4.78 is 4.57. The third kappa shape index (κ3) is 6.98. The van der Waals surface area contributed by atoms with Gasteiger partial charge in [-0.25, -0.2) is 4.79 Å². The maximum atomic E-state index is 10.7. The zero-order chi connectivity index (χ0) is 10.1. The lowest BCUT2D eigenvalue weighted by atomic mass is 10.6. The molecule has 0 aromatic rings. The van der Waals surface area contributed by atoms with Crippen LogP contribution in [-0.4, -0.2) is 36.9 Å². The number of ether oxygens (including phenoxy) is 1. The first-order valence-electron chi connectivity index (χ1n) is 3.52. The maximum absolute atomic E-state index is 10.7. The van der Waals surface area contributed by atoms with E-state index < -0.39 is 11.9 Å². The molecule has 0 fully saturated rings. The zero-order valence-electron chi connectivity index (χ0n) is 6.99. The minimum Gasteiger partial charge on any atom is -0.461 e. The molecular formula is C7H11NO5. The first-order chi connectivity index (χ1) is 6.20. The molecule has 0 saturated heterocycles. The van der Waals surface area contributed by atoms with Crippen LogP contribution in [0.4, 0.5) is 0 Å². The molecule has 6 nitrogen and oxygen atoms in total. The van der Waals surface area contributed by atoms with E-state index in [-0.39, 0.29) is 19.7 Å². The number of nitrogens with one attached hydrogen (secondary N) is 1. The monoisotopic (exact) mass is 189 g/mol. The van der Waals surface area contributed by atoms with Crippen LogP contribution in [0.25, 0.3) is 0 Å². The van der Waals surface area contributed by atoms with Gasteiger partial charge in [-0.05, 0) is 0 Å². The van der Waals surface area contributed by atoms with Gasteiger partial charge in [0, 0.05) is 0 Å². The molecule has 0 aliphatic carbocycles. The highest BCUT2D eigenvalue weighted by molar-refractivity contribution is 5.74. The molecule has 0 rings (SSSR count). The summed E-state index contributed by atoms with van der Waals surface area (Å²) in [6, 6.07) is 0. The molecule has 0 aromatic heterocycles. The van der Waals surface area contributed by atoms with E-state index in [1.807, 2.05) is 0 Å². The van der Waals surface area contributed by atoms with Crippen LogP contribution in [-0.2, 0) is 19.2 Å². The van der Waals surface area contributed by atoms with Gasteiger partial charge in [-0.15, -0.1) is 0 Å². The second-order valence-electron chi connectivity index (χ2n) is 2.04. The molecule has 74 valence electrons. The van der Waals surface area contributed by atoms with Gasteiger partial charge in [0.15, 0.2) is 0 Å². The Morgan fingerprint density at radius 1 is 1.38 bits per heavy atom. The van der Waals surface area contributed by atoms with Crippen molar-refractivity contribution in [3.63, 3.8) is 0 Å². The lowest BCUT2D eigenvalue weighted by Crippen LogP contribution is -2.30. The standard InChI is InChI=1S/C7H11NO5/c1-2-3-12-6(9)4-8-5-7(10)13-11/h2,8,11H,1,3-5H2. The Hall–Kier alpha value is -1.40. The summed E-state index contributed by atoms with van der Waals surface area (Å²) in [6.45, 7) is 3.11. The lowest BCUT2D eigenvalue weighted by Gasteiger charge is -2.01. The van der Waals surface area contributed by atoms with Crippen molar-refractivity contribution >= 4 is 11.9 Å². The molecule has 0 unspecified atom stereocenters. The van der Waals surface area contributed by atoms with Crippen molar-refractivity contribution in [1.82, 2.24) is 5.32 Å². The van der Waals surface area contributed by atoms with Crippen LogP contribution in [0.5, 0.6) is 0 Å². The van der Waals surface area contributed by atoms with Gasteiger partial charge >= 0.3 is 11.9 Å². The quantitative estimate of drug-likeness (QED) is 0.249. The van der Waals surface area contributed by atoms with E-state index in [0.717, 1.165) is 0 Å². The van der Waals surface area contributed by atoms with E-state index >= 15 is 0 Å². The number of carbonyl (C=O) groups excluding carboxylic acids is 2. The molecule has 0 heterocycles. The molecule has 0 aromatic carbocycles. The molecule has 13 heavy (non-hydrogen) atoms. The van der Waals surface area contributed by atoms with Crippen LogP contribution in [0.15, 0.2) is 12.7 Å². The van der Waals surface area contributed by atoms with Crippen LogP contribution in [0.1, 0.15) is 0 Å². The Kier molecular flexibility index (Phi) is 6.48. The van der Waals surface area contributed by atoms with Crippen LogP contribution in [0, 0.1) is 0 Å². The van der Waals surface area contributed by atoms with Gasteiger partial charge in [-0.1, -0.05) is 12.7 Å². The average molecular weight is 189 g/mol. The van der Waals surface area contributed by atoms with Gasteiger partial charge < -0.3 is 4.74 Å². The van der Waals surface area contributed by atoms with Crippen molar-refractivity contribution < 1.29 is 24.5 Å². The fraction of sp³-hybridized carbons (Fsp3) is 0.429. The van der Waals surface area contributed by atoms with Crippen LogP contribution in [0.2, 0.25) is 0 Å². The second kappa shape index (κ2) is 7.26. The zero-order valence-corrected chi connectivity index (χ0v) is 6.99. The molecule has 0 aliphatic heterocycles. The third-order valence-electron chi connectivity index (χ3n) is 1.00. The molecule has 2 N–H and O–H groups in total. The number of hydrogen-bond acceptors (Lipinski definition) is 6. The molecule has 6 heteroatoms. The minimum absolute atomic E-state index is 0.122. The Bertz CT molecular complexity index is 191. The average Bonchev–Trinajstić information content (AvgIpc) is 2.14. The van der Waals surface area contributed by atoms with E-state index in [1.54, 1.807) is 0 Å². The highest BCUT2D eigenvalue weighted by Crippen LogP contribution is 1.77. The smallest absolute Gasteiger partial charge is 0.355 e. The SMILES string of the molecule is C=CCOC(=O)CNCC(=O)OO. The Morgan fingerprint density at radius 2 is 2.00 bits per heavy atom. The van der Waals surface area contributed by atoms with Crippen molar-refractivity contribution in [3.05, 3.63) is 12.7 Å². The Labute approximate surface area is 75.1 Å². The summed E-state index contributed by atoms with van der Waals surface area (Å²) in [7, 11) is 0.